The van der Waals surface area contributed by atoms with Crippen LogP contribution in [0.15, 0.2) is 67.1 Å². The van der Waals surface area contributed by atoms with E-state index >= 15 is 0 Å². The summed E-state index contributed by atoms with van der Waals surface area (Å²) in [6.07, 6.45) is 4.18. The van der Waals surface area contributed by atoms with E-state index < -0.39 is 40.6 Å². The van der Waals surface area contributed by atoms with E-state index in [0.717, 1.165) is 24.0 Å². The van der Waals surface area contributed by atoms with Crippen LogP contribution in [0.4, 0.5) is 10.6 Å². The van der Waals surface area contributed by atoms with Gasteiger partial charge < -0.3 is 39.6 Å². The van der Waals surface area contributed by atoms with E-state index in [1.54, 1.807) is 50.8 Å². The molecule has 1 aliphatic rings. The van der Waals surface area contributed by atoms with Gasteiger partial charge in [-0.1, -0.05) is 42.5 Å². The number of amides is 4. The van der Waals surface area contributed by atoms with Gasteiger partial charge in [-0.15, -0.1) is 0 Å². The smallest absolute Gasteiger partial charge is 0.408 e. The Labute approximate surface area is 287 Å². The van der Waals surface area contributed by atoms with Crippen molar-refractivity contribution in [3.8, 4) is 5.75 Å². The number of alkyl carbamates (subject to hydrolysis) is 1. The van der Waals surface area contributed by atoms with Gasteiger partial charge in [-0.3, -0.25) is 14.4 Å². The van der Waals surface area contributed by atoms with Crippen molar-refractivity contribution in [1.29, 1.82) is 0 Å². The molecule has 1 aliphatic heterocycles. The molecule has 13 heteroatoms. The predicted molar refractivity (Wildman–Crippen MR) is 184 cm³/mol. The van der Waals surface area contributed by atoms with E-state index in [2.05, 4.69) is 20.9 Å². The van der Waals surface area contributed by atoms with Crippen molar-refractivity contribution in [2.75, 3.05) is 32.1 Å². The first-order valence-corrected chi connectivity index (χ1v) is 16.4. The lowest BCUT2D eigenvalue weighted by atomic mass is 9.90. The summed E-state index contributed by atoms with van der Waals surface area (Å²) in [5.41, 5.74) is -1.76. The average Bonchev–Trinajstić information content (AvgIpc) is 3.76. The predicted octanol–water partition coefficient (Wildman–Crippen LogP) is 4.22. The van der Waals surface area contributed by atoms with E-state index in [9.17, 15) is 19.2 Å². The molecule has 0 saturated carbocycles. The fourth-order valence-corrected chi connectivity index (χ4v) is 5.38. The number of ether oxygens (including phenoxy) is 3. The number of benzene rings is 2. The summed E-state index contributed by atoms with van der Waals surface area (Å²) >= 11 is 0. The second-order valence-corrected chi connectivity index (χ2v) is 13.7. The number of anilines is 1. The molecule has 1 fully saturated rings. The second-order valence-electron chi connectivity index (χ2n) is 13.7. The zero-order valence-electron chi connectivity index (χ0n) is 29.4. The monoisotopic (exact) mass is 676 g/mol. The lowest BCUT2D eigenvalue weighted by molar-refractivity contribution is -0.137. The fraction of sp³-hybridized carbons (Fsp3) is 0.472. The zero-order valence-corrected chi connectivity index (χ0v) is 29.4. The van der Waals surface area contributed by atoms with Gasteiger partial charge in [0, 0.05) is 19.3 Å². The van der Waals surface area contributed by atoms with Crippen molar-refractivity contribution in [2.45, 2.75) is 83.7 Å². The molecule has 2 atom stereocenters. The molecule has 3 aromatic rings. The van der Waals surface area contributed by atoms with Gasteiger partial charge in [0.15, 0.2) is 5.82 Å². The van der Waals surface area contributed by atoms with Crippen LogP contribution in [0.25, 0.3) is 0 Å². The minimum Gasteiger partial charge on any atom is -0.497 e. The Balaban J connectivity index is 1.55. The summed E-state index contributed by atoms with van der Waals surface area (Å²) in [6.45, 7) is 11.3. The van der Waals surface area contributed by atoms with Gasteiger partial charge in [-0.25, -0.2) is 9.78 Å². The SMILES string of the molecule is COc1ccc(C(C)(C(=O)N2CCCC2)n2cnc(NC(=O)C(COCc3ccccc3)NC(=O)C(C)(C)NC(=O)OC(C)(C)C)c2)cc1. The van der Waals surface area contributed by atoms with Crippen LogP contribution in [0.3, 0.4) is 0 Å². The van der Waals surface area contributed by atoms with Crippen molar-refractivity contribution in [3.63, 3.8) is 0 Å². The van der Waals surface area contributed by atoms with E-state index in [4.69, 9.17) is 14.2 Å². The molecule has 0 radical (unpaired) electrons. The van der Waals surface area contributed by atoms with Crippen LogP contribution >= 0.6 is 0 Å². The fourth-order valence-electron chi connectivity index (χ4n) is 5.38. The number of methoxy groups -OCH3 is 1. The molecule has 2 aromatic carbocycles. The maximum atomic E-state index is 14.0. The van der Waals surface area contributed by atoms with Gasteiger partial charge in [-0.2, -0.15) is 0 Å². The Morgan fingerprint density at radius 3 is 2.18 bits per heavy atom. The van der Waals surface area contributed by atoms with E-state index in [1.165, 1.54) is 20.2 Å². The topological polar surface area (TPSA) is 153 Å². The average molecular weight is 677 g/mol. The molecular formula is C36H48N6O7. The standard InChI is InChI=1S/C36H48N6O7/c1-34(2,3)49-33(46)40-35(4,5)31(44)38-28(23-48-22-25-13-9-8-10-14-25)30(43)39-29-21-42(24-37-29)36(6,32(45)41-19-11-12-20-41)26-15-17-27(47-7)18-16-26/h8-10,13-18,21,24,28H,11-12,19-20,22-23H2,1-7H3,(H,38,44)(H,39,43)(H,40,46). The van der Waals surface area contributed by atoms with Crippen molar-refractivity contribution < 1.29 is 33.4 Å². The van der Waals surface area contributed by atoms with Crippen LogP contribution < -0.4 is 20.7 Å². The van der Waals surface area contributed by atoms with Crippen LogP contribution in [-0.2, 0) is 36.0 Å². The maximum absolute atomic E-state index is 14.0. The summed E-state index contributed by atoms with van der Waals surface area (Å²) in [4.78, 5) is 59.9. The molecule has 0 bridgehead atoms. The molecule has 3 N–H and O–H groups in total. The van der Waals surface area contributed by atoms with Gasteiger partial charge in [0.2, 0.25) is 5.91 Å². The molecule has 0 spiro atoms. The van der Waals surface area contributed by atoms with Gasteiger partial charge in [0.25, 0.3) is 11.8 Å². The maximum Gasteiger partial charge on any atom is 0.408 e. The van der Waals surface area contributed by atoms with Crippen molar-refractivity contribution in [3.05, 3.63) is 78.2 Å². The van der Waals surface area contributed by atoms with Gasteiger partial charge in [0.1, 0.15) is 28.5 Å². The quantitative estimate of drug-likeness (QED) is 0.243. The van der Waals surface area contributed by atoms with E-state index in [0.29, 0.717) is 18.8 Å². The van der Waals surface area contributed by atoms with Gasteiger partial charge in [-0.05, 0) is 77.6 Å². The first-order valence-electron chi connectivity index (χ1n) is 16.4. The van der Waals surface area contributed by atoms with Gasteiger partial charge >= 0.3 is 6.09 Å². The normalized spacial score (nSPS) is 15.1. The number of aromatic nitrogens is 2. The van der Waals surface area contributed by atoms with Crippen LogP contribution in [0, 0.1) is 0 Å². The highest BCUT2D eigenvalue weighted by molar-refractivity contribution is 5.98. The Morgan fingerprint density at radius 1 is 0.918 bits per heavy atom. The summed E-state index contributed by atoms with van der Waals surface area (Å²) in [5, 5.41) is 8.03. The number of carbonyl (C=O) groups is 4. The summed E-state index contributed by atoms with van der Waals surface area (Å²) < 4.78 is 18.2. The summed E-state index contributed by atoms with van der Waals surface area (Å²) in [5.74, 6) is -0.491. The Bertz CT molecular complexity index is 1590. The lowest BCUT2D eigenvalue weighted by Gasteiger charge is -2.34. The zero-order chi connectivity index (χ0) is 35.8. The van der Waals surface area contributed by atoms with E-state index in [1.807, 2.05) is 54.3 Å². The molecule has 2 unspecified atom stereocenters. The number of carbonyl (C=O) groups excluding carboxylic acids is 4. The molecule has 0 aliphatic carbocycles. The first kappa shape index (κ1) is 36.9. The third-order valence-corrected chi connectivity index (χ3v) is 8.21. The largest absolute Gasteiger partial charge is 0.497 e. The summed E-state index contributed by atoms with van der Waals surface area (Å²) in [6, 6.07) is 15.5. The molecule has 49 heavy (non-hydrogen) atoms. The number of hydrogen-bond acceptors (Lipinski definition) is 8. The number of rotatable bonds is 13. The molecule has 2 heterocycles. The minimum atomic E-state index is -1.43. The summed E-state index contributed by atoms with van der Waals surface area (Å²) in [7, 11) is 1.58. The number of imidazole rings is 1. The van der Waals surface area contributed by atoms with Crippen LogP contribution in [-0.4, -0.2) is 82.3 Å². The first-order chi connectivity index (χ1) is 23.1. The number of nitrogens with zero attached hydrogens (tertiary/aromatic N) is 3. The molecule has 264 valence electrons. The highest BCUT2D eigenvalue weighted by Crippen LogP contribution is 2.32. The lowest BCUT2D eigenvalue weighted by Crippen LogP contribution is -2.59. The Morgan fingerprint density at radius 2 is 1.57 bits per heavy atom. The van der Waals surface area contributed by atoms with E-state index in [-0.39, 0.29) is 24.9 Å². The number of hydrogen-bond donors (Lipinski definition) is 3. The Hall–Kier alpha value is -4.91. The highest BCUT2D eigenvalue weighted by atomic mass is 16.6. The second kappa shape index (κ2) is 15.5. The van der Waals surface area contributed by atoms with Crippen LogP contribution in [0.5, 0.6) is 5.75 Å². The molecular weight excluding hydrogens is 628 g/mol. The van der Waals surface area contributed by atoms with Crippen molar-refractivity contribution in [2.24, 2.45) is 0 Å². The van der Waals surface area contributed by atoms with Crippen LogP contribution in [0.1, 0.15) is 65.5 Å². The highest BCUT2D eigenvalue weighted by Gasteiger charge is 2.41. The Kier molecular flexibility index (Phi) is 11.7. The molecule has 1 saturated heterocycles. The van der Waals surface area contributed by atoms with Gasteiger partial charge in [0.05, 0.1) is 26.7 Å². The molecule has 4 rings (SSSR count). The minimum absolute atomic E-state index is 0.0930. The molecule has 4 amide bonds. The number of likely N-dealkylation sites (tertiary alicyclic amines) is 1. The molecule has 1 aromatic heterocycles. The van der Waals surface area contributed by atoms with Crippen LogP contribution in [0.2, 0.25) is 0 Å². The number of nitrogens with one attached hydrogen (secondary N) is 3. The van der Waals surface area contributed by atoms with Crippen molar-refractivity contribution >= 4 is 29.6 Å². The molecule has 13 nitrogen and oxygen atoms in total. The van der Waals surface area contributed by atoms with Crippen molar-refractivity contribution in [1.82, 2.24) is 25.1 Å². The third kappa shape index (κ3) is 9.59. The third-order valence-electron chi connectivity index (χ3n) is 8.21.